The number of carbonyl (C=O) groups excluding carboxylic acids is 1. The molecule has 1 fully saturated rings. The maximum atomic E-state index is 12.4. The second kappa shape index (κ2) is 7.16. The molecule has 23 heavy (non-hydrogen) atoms. The lowest BCUT2D eigenvalue weighted by molar-refractivity contribution is -0.122. The van der Waals surface area contributed by atoms with Crippen LogP contribution in [0.2, 0.25) is 0 Å². The Morgan fingerprint density at radius 2 is 2.04 bits per heavy atom. The summed E-state index contributed by atoms with van der Waals surface area (Å²) < 4.78 is 2.14. The van der Waals surface area contributed by atoms with E-state index in [1.807, 2.05) is 25.1 Å². The van der Waals surface area contributed by atoms with E-state index < -0.39 is 0 Å². The summed E-state index contributed by atoms with van der Waals surface area (Å²) in [6.07, 6.45) is 7.20. The normalized spacial score (nSPS) is 17.3. The van der Waals surface area contributed by atoms with E-state index in [9.17, 15) is 4.79 Å². The number of imidazole rings is 1. The molecule has 1 aliphatic rings. The SMILES string of the molecule is CCC(C)NC(=O)Cn1c(C2CCCCC2)nc2ccccc21. The summed E-state index contributed by atoms with van der Waals surface area (Å²) in [6.45, 7) is 4.51. The molecular formula is C19H27N3O. The molecule has 1 aromatic heterocycles. The molecule has 1 heterocycles. The van der Waals surface area contributed by atoms with Crippen LogP contribution in [-0.2, 0) is 11.3 Å². The molecule has 1 saturated carbocycles. The molecule has 3 rings (SSSR count). The number of hydrogen-bond donors (Lipinski definition) is 1. The van der Waals surface area contributed by atoms with Crippen molar-refractivity contribution in [2.75, 3.05) is 0 Å². The lowest BCUT2D eigenvalue weighted by Gasteiger charge is -2.22. The molecule has 0 radical (unpaired) electrons. The summed E-state index contributed by atoms with van der Waals surface area (Å²) >= 11 is 0. The number of fused-ring (bicyclic) bond motifs is 1. The number of amides is 1. The van der Waals surface area contributed by atoms with E-state index in [0.29, 0.717) is 12.5 Å². The van der Waals surface area contributed by atoms with Gasteiger partial charge in [-0.1, -0.05) is 38.3 Å². The lowest BCUT2D eigenvalue weighted by atomic mass is 9.88. The van der Waals surface area contributed by atoms with Crippen molar-refractivity contribution < 1.29 is 4.79 Å². The van der Waals surface area contributed by atoms with Gasteiger partial charge in [0.1, 0.15) is 12.4 Å². The van der Waals surface area contributed by atoms with Gasteiger partial charge < -0.3 is 9.88 Å². The molecule has 1 aromatic carbocycles. The number of aromatic nitrogens is 2. The van der Waals surface area contributed by atoms with E-state index in [1.54, 1.807) is 0 Å². The first-order chi connectivity index (χ1) is 11.2. The van der Waals surface area contributed by atoms with Crippen LogP contribution in [0.25, 0.3) is 11.0 Å². The number of para-hydroxylation sites is 2. The number of nitrogens with zero attached hydrogens (tertiary/aromatic N) is 2. The Kier molecular flexibility index (Phi) is 4.99. The van der Waals surface area contributed by atoms with Crippen molar-refractivity contribution in [2.45, 2.75) is 70.9 Å². The molecule has 2 aromatic rings. The van der Waals surface area contributed by atoms with Crippen LogP contribution in [0.3, 0.4) is 0 Å². The Hall–Kier alpha value is -1.84. The van der Waals surface area contributed by atoms with Crippen molar-refractivity contribution in [2.24, 2.45) is 0 Å². The third-order valence-electron chi connectivity index (χ3n) is 4.98. The molecule has 1 unspecified atom stereocenters. The Morgan fingerprint density at radius 1 is 1.30 bits per heavy atom. The summed E-state index contributed by atoms with van der Waals surface area (Å²) in [7, 11) is 0. The monoisotopic (exact) mass is 313 g/mol. The fraction of sp³-hybridized carbons (Fsp3) is 0.579. The number of hydrogen-bond acceptors (Lipinski definition) is 2. The zero-order valence-electron chi connectivity index (χ0n) is 14.2. The van der Waals surface area contributed by atoms with E-state index in [1.165, 1.54) is 32.1 Å². The molecule has 0 saturated heterocycles. The number of benzene rings is 1. The quantitative estimate of drug-likeness (QED) is 0.907. The summed E-state index contributed by atoms with van der Waals surface area (Å²) in [4.78, 5) is 17.3. The van der Waals surface area contributed by atoms with Gasteiger partial charge in [0, 0.05) is 12.0 Å². The Morgan fingerprint density at radius 3 is 2.78 bits per heavy atom. The van der Waals surface area contributed by atoms with Crippen LogP contribution in [0.15, 0.2) is 24.3 Å². The Bertz CT molecular complexity index is 670. The molecule has 0 bridgehead atoms. The van der Waals surface area contributed by atoms with Gasteiger partial charge in [0.05, 0.1) is 11.0 Å². The minimum absolute atomic E-state index is 0.0829. The van der Waals surface area contributed by atoms with Crippen molar-refractivity contribution in [3.8, 4) is 0 Å². The fourth-order valence-corrected chi connectivity index (χ4v) is 3.50. The largest absolute Gasteiger partial charge is 0.352 e. The predicted octanol–water partition coefficient (Wildman–Crippen LogP) is 4.00. The van der Waals surface area contributed by atoms with Crippen LogP contribution in [0, 0.1) is 0 Å². The summed E-state index contributed by atoms with van der Waals surface area (Å²) in [6, 6.07) is 8.38. The zero-order chi connectivity index (χ0) is 16.2. The van der Waals surface area contributed by atoms with Gasteiger partial charge in [-0.05, 0) is 38.3 Å². The van der Waals surface area contributed by atoms with Gasteiger partial charge in [0.15, 0.2) is 0 Å². The molecule has 1 amide bonds. The molecular weight excluding hydrogens is 286 g/mol. The van der Waals surface area contributed by atoms with Crippen LogP contribution in [0.1, 0.15) is 64.1 Å². The lowest BCUT2D eigenvalue weighted by Crippen LogP contribution is -2.35. The topological polar surface area (TPSA) is 46.9 Å². The van der Waals surface area contributed by atoms with Gasteiger partial charge in [-0.3, -0.25) is 4.79 Å². The Labute approximate surface area is 138 Å². The predicted molar refractivity (Wildman–Crippen MR) is 93.5 cm³/mol. The molecule has 0 spiro atoms. The second-order valence-corrected chi connectivity index (χ2v) is 6.76. The number of carbonyl (C=O) groups is 1. The first kappa shape index (κ1) is 16.0. The summed E-state index contributed by atoms with van der Waals surface area (Å²) in [5.74, 6) is 1.68. The van der Waals surface area contributed by atoms with Crippen molar-refractivity contribution in [3.63, 3.8) is 0 Å². The smallest absolute Gasteiger partial charge is 0.240 e. The molecule has 4 heteroatoms. The van der Waals surface area contributed by atoms with E-state index in [2.05, 4.69) is 22.9 Å². The van der Waals surface area contributed by atoms with Gasteiger partial charge in [0.2, 0.25) is 5.91 Å². The van der Waals surface area contributed by atoms with E-state index in [4.69, 9.17) is 4.98 Å². The van der Waals surface area contributed by atoms with Crippen molar-refractivity contribution >= 4 is 16.9 Å². The van der Waals surface area contributed by atoms with Crippen LogP contribution >= 0.6 is 0 Å². The highest BCUT2D eigenvalue weighted by Crippen LogP contribution is 2.33. The minimum atomic E-state index is 0.0829. The van der Waals surface area contributed by atoms with Crippen LogP contribution < -0.4 is 5.32 Å². The fourth-order valence-electron chi connectivity index (χ4n) is 3.50. The van der Waals surface area contributed by atoms with Gasteiger partial charge in [0.25, 0.3) is 0 Å². The second-order valence-electron chi connectivity index (χ2n) is 6.76. The highest BCUT2D eigenvalue weighted by atomic mass is 16.2. The standard InChI is InChI=1S/C19H27N3O/c1-3-14(2)20-18(23)13-22-17-12-8-7-11-16(17)21-19(22)15-9-5-4-6-10-15/h7-8,11-12,14-15H,3-6,9-10,13H2,1-2H3,(H,20,23). The van der Waals surface area contributed by atoms with Crippen molar-refractivity contribution in [1.29, 1.82) is 0 Å². The van der Waals surface area contributed by atoms with E-state index in [-0.39, 0.29) is 11.9 Å². The van der Waals surface area contributed by atoms with Gasteiger partial charge in [-0.15, -0.1) is 0 Å². The van der Waals surface area contributed by atoms with E-state index in [0.717, 1.165) is 23.3 Å². The van der Waals surface area contributed by atoms with E-state index >= 15 is 0 Å². The van der Waals surface area contributed by atoms with Crippen LogP contribution in [0.4, 0.5) is 0 Å². The first-order valence-electron chi connectivity index (χ1n) is 8.93. The van der Waals surface area contributed by atoms with Crippen LogP contribution in [-0.4, -0.2) is 21.5 Å². The third kappa shape index (κ3) is 3.57. The van der Waals surface area contributed by atoms with Crippen LogP contribution in [0.5, 0.6) is 0 Å². The Balaban J connectivity index is 1.91. The molecule has 4 nitrogen and oxygen atoms in total. The maximum Gasteiger partial charge on any atom is 0.240 e. The number of rotatable bonds is 5. The van der Waals surface area contributed by atoms with Crippen molar-refractivity contribution in [1.82, 2.24) is 14.9 Å². The summed E-state index contributed by atoms with van der Waals surface area (Å²) in [5.41, 5.74) is 2.08. The summed E-state index contributed by atoms with van der Waals surface area (Å²) in [5, 5.41) is 3.08. The number of nitrogens with one attached hydrogen (secondary N) is 1. The molecule has 0 aliphatic heterocycles. The molecule has 1 aliphatic carbocycles. The molecule has 1 atom stereocenters. The average molecular weight is 313 g/mol. The van der Waals surface area contributed by atoms with Crippen molar-refractivity contribution in [3.05, 3.63) is 30.1 Å². The van der Waals surface area contributed by atoms with Gasteiger partial charge in [-0.25, -0.2) is 4.98 Å². The highest BCUT2D eigenvalue weighted by Gasteiger charge is 2.23. The first-order valence-corrected chi connectivity index (χ1v) is 8.93. The van der Waals surface area contributed by atoms with Gasteiger partial charge in [-0.2, -0.15) is 0 Å². The minimum Gasteiger partial charge on any atom is -0.352 e. The zero-order valence-corrected chi connectivity index (χ0v) is 14.2. The van der Waals surface area contributed by atoms with Gasteiger partial charge >= 0.3 is 0 Å². The molecule has 124 valence electrons. The maximum absolute atomic E-state index is 12.4. The third-order valence-corrected chi connectivity index (χ3v) is 4.98. The highest BCUT2D eigenvalue weighted by molar-refractivity contribution is 5.81. The average Bonchev–Trinajstić information content (AvgIpc) is 2.94. The molecule has 1 N–H and O–H groups in total.